The molecule has 33 heavy (non-hydrogen) atoms. The van der Waals surface area contributed by atoms with Gasteiger partial charge in [-0.1, -0.05) is 0 Å². The van der Waals surface area contributed by atoms with Gasteiger partial charge in [0.1, 0.15) is 35.9 Å². The van der Waals surface area contributed by atoms with Gasteiger partial charge in [0.05, 0.1) is 13.2 Å². The molecule has 2 aromatic rings. The lowest BCUT2D eigenvalue weighted by atomic mass is 9.99. The molecule has 1 fully saturated rings. The van der Waals surface area contributed by atoms with Crippen molar-refractivity contribution in [2.45, 2.75) is 37.1 Å². The molecule has 180 valence electrons. The van der Waals surface area contributed by atoms with E-state index in [1.807, 2.05) is 0 Å². The van der Waals surface area contributed by atoms with Crippen LogP contribution in [0.15, 0.2) is 34.2 Å². The van der Waals surface area contributed by atoms with Crippen molar-refractivity contribution < 1.29 is 34.6 Å². The lowest BCUT2D eigenvalue weighted by molar-refractivity contribution is -0.277. The number of benzene rings is 1. The molecule has 0 amide bonds. The van der Waals surface area contributed by atoms with Crippen LogP contribution >= 0.6 is 0 Å². The van der Waals surface area contributed by atoms with Gasteiger partial charge in [0.25, 0.3) is 5.56 Å². The fraction of sp³-hybridized carbons (Fsp3) is 0.474. The van der Waals surface area contributed by atoms with Gasteiger partial charge in [-0.3, -0.25) is 9.78 Å². The van der Waals surface area contributed by atoms with E-state index in [0.29, 0.717) is 31.1 Å². The predicted octanol–water partition coefficient (Wildman–Crippen LogP) is -1.19. The number of hydrogen-bond acceptors (Lipinski definition) is 13. The number of aliphatic hydroxyl groups is 4. The van der Waals surface area contributed by atoms with Crippen molar-refractivity contribution in [1.29, 1.82) is 0 Å². The molecule has 0 aliphatic carbocycles. The number of nitrogens with zero attached hydrogens (tertiary/aromatic N) is 2. The van der Waals surface area contributed by atoms with E-state index in [4.69, 9.17) is 19.9 Å². The summed E-state index contributed by atoms with van der Waals surface area (Å²) in [5.74, 6) is 0.670. The Morgan fingerprint density at radius 1 is 1.15 bits per heavy atom. The number of rotatable bonds is 10. The second-order valence-corrected chi connectivity index (χ2v) is 7.15. The number of nitrogens with one attached hydrogen (secondary N) is 2. The van der Waals surface area contributed by atoms with Crippen molar-refractivity contribution in [2.75, 3.05) is 30.8 Å². The van der Waals surface area contributed by atoms with Gasteiger partial charge in [-0.2, -0.15) is 4.98 Å². The number of aromatic nitrogens is 2. The minimum Gasteiger partial charge on any atom is -0.494 e. The summed E-state index contributed by atoms with van der Waals surface area (Å²) in [6, 6.07) is 6.33. The van der Waals surface area contributed by atoms with Crippen LogP contribution in [0, 0.1) is 4.91 Å². The number of hydrogen-bond donors (Lipinski definition) is 7. The highest BCUT2D eigenvalue weighted by Crippen LogP contribution is 2.25. The molecular formula is C19H25N5O9. The predicted molar refractivity (Wildman–Crippen MR) is 114 cm³/mol. The van der Waals surface area contributed by atoms with Gasteiger partial charge >= 0.3 is 0 Å². The Kier molecular flexibility index (Phi) is 8.13. The molecule has 3 rings (SSSR count). The minimum absolute atomic E-state index is 0.0130. The number of anilines is 2. The molecule has 0 bridgehead atoms. The maximum atomic E-state index is 11.6. The van der Waals surface area contributed by atoms with Crippen molar-refractivity contribution in [3.8, 4) is 11.5 Å². The third-order valence-corrected chi connectivity index (χ3v) is 4.81. The number of aliphatic hydroxyl groups excluding tert-OH is 4. The number of aromatic amines is 1. The Morgan fingerprint density at radius 2 is 1.85 bits per heavy atom. The standard InChI is InChI=1S/C19H25N5O9/c20-19-22-16(12(24-30)17(29)23-19)21-6-1-7-31-9-2-4-10(5-3-9)32-18-15(28)14(27)13(26)11(8-25)33-18/h2-5,11,13-15,18,25-28H,1,6-8H2,(H4,20,21,22,23,29)/t11-,13+,14+,15-,18-/m1/s1. The van der Waals surface area contributed by atoms with Gasteiger partial charge in [0.2, 0.25) is 17.9 Å². The molecule has 0 unspecified atom stereocenters. The lowest BCUT2D eigenvalue weighted by Crippen LogP contribution is -2.60. The molecule has 14 heteroatoms. The monoisotopic (exact) mass is 467 g/mol. The number of H-pyrrole nitrogens is 1. The van der Waals surface area contributed by atoms with E-state index in [1.54, 1.807) is 24.3 Å². The molecule has 8 N–H and O–H groups in total. The average molecular weight is 467 g/mol. The zero-order chi connectivity index (χ0) is 24.0. The average Bonchev–Trinajstić information content (AvgIpc) is 2.80. The molecule has 14 nitrogen and oxygen atoms in total. The molecule has 0 radical (unpaired) electrons. The van der Waals surface area contributed by atoms with Gasteiger partial charge < -0.3 is 45.7 Å². The van der Waals surface area contributed by atoms with E-state index < -0.39 is 42.9 Å². The molecule has 0 spiro atoms. The largest absolute Gasteiger partial charge is 0.494 e. The number of ether oxygens (including phenoxy) is 3. The van der Waals surface area contributed by atoms with Crippen molar-refractivity contribution in [3.63, 3.8) is 0 Å². The maximum absolute atomic E-state index is 11.6. The highest BCUT2D eigenvalue weighted by atomic mass is 16.7. The first-order valence-electron chi connectivity index (χ1n) is 10.0. The number of nitrogen functional groups attached to an aromatic ring is 1. The van der Waals surface area contributed by atoms with Crippen LogP contribution in [-0.4, -0.2) is 80.9 Å². The first kappa shape index (κ1) is 24.3. The second-order valence-electron chi connectivity index (χ2n) is 7.15. The van der Waals surface area contributed by atoms with E-state index in [0.717, 1.165) is 0 Å². The third-order valence-electron chi connectivity index (χ3n) is 4.81. The van der Waals surface area contributed by atoms with Crippen LogP contribution in [0.3, 0.4) is 0 Å². The van der Waals surface area contributed by atoms with Gasteiger partial charge in [0, 0.05) is 6.54 Å². The minimum atomic E-state index is -1.53. The fourth-order valence-corrected chi connectivity index (χ4v) is 3.07. The normalized spacial score (nSPS) is 24.8. The van der Waals surface area contributed by atoms with Gasteiger partial charge in [-0.25, -0.2) is 0 Å². The fourth-order valence-electron chi connectivity index (χ4n) is 3.07. The summed E-state index contributed by atoms with van der Waals surface area (Å²) < 4.78 is 16.4. The maximum Gasteiger partial charge on any atom is 0.284 e. The summed E-state index contributed by atoms with van der Waals surface area (Å²) in [6.07, 6.45) is -6.36. The zero-order valence-electron chi connectivity index (χ0n) is 17.3. The molecule has 1 aromatic heterocycles. The summed E-state index contributed by atoms with van der Waals surface area (Å²) in [5, 5.41) is 44.3. The quantitative estimate of drug-likeness (QED) is 0.162. The highest BCUT2D eigenvalue weighted by Gasteiger charge is 2.44. The van der Waals surface area contributed by atoms with Crippen molar-refractivity contribution in [2.24, 2.45) is 5.18 Å². The Labute approximate surface area is 186 Å². The van der Waals surface area contributed by atoms with Gasteiger partial charge in [0.15, 0.2) is 5.82 Å². The first-order chi connectivity index (χ1) is 15.8. The summed E-state index contributed by atoms with van der Waals surface area (Å²) in [5.41, 5.74) is 4.33. The Morgan fingerprint density at radius 3 is 2.52 bits per heavy atom. The molecule has 1 aliphatic heterocycles. The van der Waals surface area contributed by atoms with E-state index in [2.05, 4.69) is 20.5 Å². The molecule has 1 aliphatic rings. The van der Waals surface area contributed by atoms with Crippen LogP contribution in [0.4, 0.5) is 17.5 Å². The van der Waals surface area contributed by atoms with E-state index in [9.17, 15) is 30.1 Å². The van der Waals surface area contributed by atoms with Crippen molar-refractivity contribution >= 4 is 17.5 Å². The van der Waals surface area contributed by atoms with Crippen LogP contribution < -0.4 is 26.1 Å². The smallest absolute Gasteiger partial charge is 0.284 e. The van der Waals surface area contributed by atoms with Crippen LogP contribution in [0.2, 0.25) is 0 Å². The molecule has 1 saturated heterocycles. The van der Waals surface area contributed by atoms with Crippen molar-refractivity contribution in [3.05, 3.63) is 39.5 Å². The molecule has 2 heterocycles. The molecule has 1 aromatic carbocycles. The topological polar surface area (TPSA) is 222 Å². The number of nitrogens with two attached hydrogens (primary N) is 1. The molecule has 0 saturated carbocycles. The Bertz CT molecular complexity index is 985. The first-order valence-corrected chi connectivity index (χ1v) is 10.0. The summed E-state index contributed by atoms with van der Waals surface area (Å²) in [4.78, 5) is 28.4. The van der Waals surface area contributed by atoms with E-state index >= 15 is 0 Å². The van der Waals surface area contributed by atoms with Crippen LogP contribution in [0.25, 0.3) is 0 Å². The summed E-state index contributed by atoms with van der Waals surface area (Å²) >= 11 is 0. The summed E-state index contributed by atoms with van der Waals surface area (Å²) in [7, 11) is 0. The van der Waals surface area contributed by atoms with Crippen molar-refractivity contribution in [1.82, 2.24) is 9.97 Å². The van der Waals surface area contributed by atoms with Gasteiger partial charge in [-0.15, -0.1) is 4.91 Å². The Balaban J connectivity index is 1.46. The SMILES string of the molecule is Nc1nc(NCCCOc2ccc(O[C@@H]3O[C@H](CO)[C@H](O)[C@H](O)[C@H]3O)cc2)c(N=O)c(=O)[nH]1. The van der Waals surface area contributed by atoms with Crippen LogP contribution in [-0.2, 0) is 4.74 Å². The van der Waals surface area contributed by atoms with E-state index in [-0.39, 0.29) is 17.5 Å². The van der Waals surface area contributed by atoms with E-state index in [1.165, 1.54) is 0 Å². The molecular weight excluding hydrogens is 442 g/mol. The number of nitroso groups, excluding NO2 is 1. The van der Waals surface area contributed by atoms with Crippen LogP contribution in [0.1, 0.15) is 6.42 Å². The van der Waals surface area contributed by atoms with Gasteiger partial charge in [-0.05, 0) is 35.9 Å². The third kappa shape index (κ3) is 5.94. The highest BCUT2D eigenvalue weighted by molar-refractivity contribution is 5.60. The summed E-state index contributed by atoms with van der Waals surface area (Å²) in [6.45, 7) is 0.0722. The Hall–Kier alpha value is -3.30. The molecule has 5 atom stereocenters. The second kappa shape index (κ2) is 11.0. The lowest BCUT2D eigenvalue weighted by Gasteiger charge is -2.39. The van der Waals surface area contributed by atoms with Crippen LogP contribution in [0.5, 0.6) is 11.5 Å². The zero-order valence-corrected chi connectivity index (χ0v) is 17.3.